The molecular weight excluding hydrogens is 295 g/mol. The van der Waals surface area contributed by atoms with Gasteiger partial charge in [-0.25, -0.2) is 4.39 Å². The lowest BCUT2D eigenvalue weighted by atomic mass is 9.94. The van der Waals surface area contributed by atoms with Gasteiger partial charge in [-0.2, -0.15) is 0 Å². The van der Waals surface area contributed by atoms with Gasteiger partial charge in [-0.15, -0.1) is 0 Å². The van der Waals surface area contributed by atoms with Crippen LogP contribution in [0.2, 0.25) is 0 Å². The predicted octanol–water partition coefficient (Wildman–Crippen LogP) is 2.48. The molecule has 4 nitrogen and oxygen atoms in total. The number of carbonyl (C=O) groups excluding carboxylic acids is 2. The number of hydrogen-bond acceptors (Lipinski definition) is 2. The van der Waals surface area contributed by atoms with Crippen LogP contribution in [0, 0.1) is 23.6 Å². The van der Waals surface area contributed by atoms with E-state index in [2.05, 4.69) is 5.32 Å². The summed E-state index contributed by atoms with van der Waals surface area (Å²) in [6, 6.07) is 6.27. The van der Waals surface area contributed by atoms with Gasteiger partial charge in [0.15, 0.2) is 0 Å². The first-order chi connectivity index (χ1) is 11.1. The Morgan fingerprint density at radius 1 is 1.26 bits per heavy atom. The first-order valence-corrected chi connectivity index (χ1v) is 8.46. The number of nitrogens with zero attached hydrogens (tertiary/aromatic N) is 1. The zero-order valence-electron chi connectivity index (χ0n) is 13.0. The van der Waals surface area contributed by atoms with E-state index in [0.717, 1.165) is 12.3 Å². The highest BCUT2D eigenvalue weighted by Gasteiger charge is 2.42. The summed E-state index contributed by atoms with van der Waals surface area (Å²) in [4.78, 5) is 26.2. The summed E-state index contributed by atoms with van der Waals surface area (Å²) in [5, 5.41) is 3.16. The molecule has 2 amide bonds. The Bertz CT molecular complexity index is 648. The fourth-order valence-electron chi connectivity index (χ4n) is 4.50. The number of benzene rings is 1. The number of fused-ring (bicyclic) bond motifs is 2. The smallest absolute Gasteiger partial charge is 0.227 e. The van der Waals surface area contributed by atoms with Crippen molar-refractivity contribution >= 4 is 17.5 Å². The van der Waals surface area contributed by atoms with Crippen molar-refractivity contribution in [2.75, 3.05) is 11.4 Å². The van der Waals surface area contributed by atoms with Gasteiger partial charge in [-0.1, -0.05) is 12.5 Å². The van der Waals surface area contributed by atoms with Crippen LogP contribution in [0.15, 0.2) is 24.3 Å². The largest absolute Gasteiger partial charge is 0.353 e. The van der Waals surface area contributed by atoms with Crippen LogP contribution in [-0.2, 0) is 9.59 Å². The number of nitrogens with one attached hydrogen (secondary N) is 1. The number of hydrogen-bond donors (Lipinski definition) is 1. The van der Waals surface area contributed by atoms with E-state index >= 15 is 0 Å². The third-order valence-corrected chi connectivity index (χ3v) is 5.68. The van der Waals surface area contributed by atoms with Gasteiger partial charge in [0.05, 0.1) is 5.92 Å². The standard InChI is InChI=1S/C18H21FN2O2/c19-14-2-1-3-15(9-14)21-10-13(8-17(21)22)18(23)20-16-7-11-4-5-12(16)6-11/h1-3,9,11-13,16H,4-8,10H2,(H,20,23)/t11-,12-,13+,16-/m0/s1. The van der Waals surface area contributed by atoms with Crippen LogP contribution in [0.5, 0.6) is 0 Å². The Morgan fingerprint density at radius 3 is 2.83 bits per heavy atom. The molecule has 2 aliphatic carbocycles. The van der Waals surface area contributed by atoms with Crippen LogP contribution < -0.4 is 10.2 Å². The van der Waals surface area contributed by atoms with Gasteiger partial charge in [0.1, 0.15) is 5.82 Å². The molecular formula is C18H21FN2O2. The summed E-state index contributed by atoms with van der Waals surface area (Å²) in [6.07, 6.45) is 5.05. The van der Waals surface area contributed by atoms with Gasteiger partial charge < -0.3 is 10.2 Å². The van der Waals surface area contributed by atoms with E-state index in [1.165, 1.54) is 36.3 Å². The normalized spacial score (nSPS) is 32.6. The molecule has 3 fully saturated rings. The van der Waals surface area contributed by atoms with E-state index in [1.807, 2.05) is 0 Å². The zero-order valence-corrected chi connectivity index (χ0v) is 13.0. The molecule has 1 heterocycles. The number of carbonyl (C=O) groups is 2. The monoisotopic (exact) mass is 316 g/mol. The summed E-state index contributed by atoms with van der Waals surface area (Å²) in [6.45, 7) is 0.342. The molecule has 3 aliphatic rings. The number of anilines is 1. The Balaban J connectivity index is 1.41. The third kappa shape index (κ3) is 2.73. The molecule has 1 aromatic rings. The fourth-order valence-corrected chi connectivity index (χ4v) is 4.50. The van der Waals surface area contributed by atoms with Crippen molar-refractivity contribution in [1.29, 1.82) is 0 Å². The maximum atomic E-state index is 13.3. The minimum atomic E-state index is -0.370. The second-order valence-corrected chi connectivity index (χ2v) is 7.18. The molecule has 0 radical (unpaired) electrons. The van der Waals surface area contributed by atoms with Gasteiger partial charge in [-0.05, 0) is 49.3 Å². The summed E-state index contributed by atoms with van der Waals surface area (Å²) >= 11 is 0. The van der Waals surface area contributed by atoms with Crippen LogP contribution in [-0.4, -0.2) is 24.4 Å². The molecule has 4 atom stereocenters. The highest BCUT2D eigenvalue weighted by atomic mass is 19.1. The molecule has 122 valence electrons. The Hall–Kier alpha value is -1.91. The highest BCUT2D eigenvalue weighted by Crippen LogP contribution is 2.44. The molecule has 0 unspecified atom stereocenters. The van der Waals surface area contributed by atoms with Crippen molar-refractivity contribution in [3.05, 3.63) is 30.1 Å². The second-order valence-electron chi connectivity index (χ2n) is 7.18. The molecule has 1 saturated heterocycles. The van der Waals surface area contributed by atoms with Crippen LogP contribution >= 0.6 is 0 Å². The maximum Gasteiger partial charge on any atom is 0.227 e. The van der Waals surface area contributed by atoms with E-state index in [1.54, 1.807) is 12.1 Å². The molecule has 23 heavy (non-hydrogen) atoms. The Labute approximate surface area is 135 Å². The van der Waals surface area contributed by atoms with E-state index < -0.39 is 0 Å². The molecule has 0 aromatic heterocycles. The quantitative estimate of drug-likeness (QED) is 0.931. The van der Waals surface area contributed by atoms with E-state index in [0.29, 0.717) is 24.2 Å². The molecule has 4 rings (SSSR count). The first kappa shape index (κ1) is 14.7. The molecule has 2 bridgehead atoms. The van der Waals surface area contributed by atoms with Crippen LogP contribution in [0.4, 0.5) is 10.1 Å². The van der Waals surface area contributed by atoms with Crippen LogP contribution in [0.3, 0.4) is 0 Å². The van der Waals surface area contributed by atoms with Crippen LogP contribution in [0.25, 0.3) is 0 Å². The fraction of sp³-hybridized carbons (Fsp3) is 0.556. The third-order valence-electron chi connectivity index (χ3n) is 5.68. The SMILES string of the molecule is O=C(N[C@H]1C[C@H]2CC[C@H]1C2)[C@@H]1CC(=O)N(c2cccc(F)c2)C1. The lowest BCUT2D eigenvalue weighted by Gasteiger charge is -2.24. The second kappa shape index (κ2) is 5.62. The van der Waals surface area contributed by atoms with Gasteiger partial charge in [0, 0.05) is 24.7 Å². The van der Waals surface area contributed by atoms with Gasteiger partial charge >= 0.3 is 0 Å². The minimum absolute atomic E-state index is 0.0187. The maximum absolute atomic E-state index is 13.3. The molecule has 5 heteroatoms. The van der Waals surface area contributed by atoms with Crippen molar-refractivity contribution in [1.82, 2.24) is 5.32 Å². The van der Waals surface area contributed by atoms with E-state index in [9.17, 15) is 14.0 Å². The van der Waals surface area contributed by atoms with Gasteiger partial charge in [0.2, 0.25) is 11.8 Å². The van der Waals surface area contributed by atoms with Crippen molar-refractivity contribution in [3.63, 3.8) is 0 Å². The van der Waals surface area contributed by atoms with Gasteiger partial charge in [0.25, 0.3) is 0 Å². The number of amides is 2. The van der Waals surface area contributed by atoms with Crippen molar-refractivity contribution < 1.29 is 14.0 Å². The topological polar surface area (TPSA) is 49.4 Å². The van der Waals surface area contributed by atoms with Crippen molar-refractivity contribution in [3.8, 4) is 0 Å². The molecule has 1 aromatic carbocycles. The zero-order chi connectivity index (χ0) is 16.0. The minimum Gasteiger partial charge on any atom is -0.353 e. The Morgan fingerprint density at radius 2 is 2.13 bits per heavy atom. The highest BCUT2D eigenvalue weighted by molar-refractivity contribution is 6.00. The van der Waals surface area contributed by atoms with E-state index in [-0.39, 0.29) is 30.0 Å². The summed E-state index contributed by atoms with van der Waals surface area (Å²) in [5.74, 6) is 0.577. The molecule has 2 saturated carbocycles. The lowest BCUT2D eigenvalue weighted by molar-refractivity contribution is -0.127. The lowest BCUT2D eigenvalue weighted by Crippen LogP contribution is -2.42. The summed E-state index contributed by atoms with van der Waals surface area (Å²) in [5.41, 5.74) is 0.533. The molecule has 1 aliphatic heterocycles. The molecule has 1 N–H and O–H groups in total. The summed E-state index contributed by atoms with van der Waals surface area (Å²) in [7, 11) is 0. The number of rotatable bonds is 3. The number of halogens is 1. The first-order valence-electron chi connectivity index (χ1n) is 8.46. The molecule has 0 spiro atoms. The van der Waals surface area contributed by atoms with Crippen molar-refractivity contribution in [2.45, 2.75) is 38.1 Å². The van der Waals surface area contributed by atoms with Crippen LogP contribution in [0.1, 0.15) is 32.1 Å². The predicted molar refractivity (Wildman–Crippen MR) is 84.2 cm³/mol. The average molecular weight is 316 g/mol. The Kier molecular flexibility index (Phi) is 3.58. The van der Waals surface area contributed by atoms with E-state index in [4.69, 9.17) is 0 Å². The average Bonchev–Trinajstić information content (AvgIpc) is 3.22. The van der Waals surface area contributed by atoms with Crippen molar-refractivity contribution in [2.24, 2.45) is 17.8 Å². The van der Waals surface area contributed by atoms with Gasteiger partial charge in [-0.3, -0.25) is 9.59 Å². The summed E-state index contributed by atoms with van der Waals surface area (Å²) < 4.78 is 13.3.